The SMILES string of the molecule is COC(=O)c1cc(OC)cc(OC(C)=O)c1. The van der Waals surface area contributed by atoms with Crippen molar-refractivity contribution in [2.45, 2.75) is 6.92 Å². The van der Waals surface area contributed by atoms with Crippen LogP contribution in [-0.4, -0.2) is 26.2 Å². The van der Waals surface area contributed by atoms with Gasteiger partial charge < -0.3 is 14.2 Å². The zero-order valence-electron chi connectivity index (χ0n) is 9.27. The zero-order chi connectivity index (χ0) is 12.1. The van der Waals surface area contributed by atoms with E-state index in [1.165, 1.54) is 39.3 Å². The first-order valence-corrected chi connectivity index (χ1v) is 4.52. The van der Waals surface area contributed by atoms with Gasteiger partial charge in [0.05, 0.1) is 19.8 Å². The third-order valence-electron chi connectivity index (χ3n) is 1.80. The van der Waals surface area contributed by atoms with Gasteiger partial charge in [0.25, 0.3) is 0 Å². The normalized spacial score (nSPS) is 9.44. The number of rotatable bonds is 3. The summed E-state index contributed by atoms with van der Waals surface area (Å²) in [6.45, 7) is 1.28. The first-order chi connectivity index (χ1) is 7.56. The largest absolute Gasteiger partial charge is 0.497 e. The average Bonchev–Trinajstić information content (AvgIpc) is 2.26. The number of carbonyl (C=O) groups is 2. The maximum Gasteiger partial charge on any atom is 0.338 e. The fourth-order valence-electron chi connectivity index (χ4n) is 1.15. The van der Waals surface area contributed by atoms with Gasteiger partial charge in [-0.15, -0.1) is 0 Å². The lowest BCUT2D eigenvalue weighted by molar-refractivity contribution is -0.131. The van der Waals surface area contributed by atoms with Crippen LogP contribution in [0.5, 0.6) is 11.5 Å². The molecule has 0 aliphatic rings. The van der Waals surface area contributed by atoms with Crippen molar-refractivity contribution in [3.05, 3.63) is 23.8 Å². The summed E-state index contributed by atoms with van der Waals surface area (Å²) in [7, 11) is 2.72. The molecule has 0 saturated carbocycles. The van der Waals surface area contributed by atoms with Gasteiger partial charge in [0, 0.05) is 13.0 Å². The third-order valence-corrected chi connectivity index (χ3v) is 1.80. The smallest absolute Gasteiger partial charge is 0.338 e. The average molecular weight is 224 g/mol. The fourth-order valence-corrected chi connectivity index (χ4v) is 1.15. The first-order valence-electron chi connectivity index (χ1n) is 4.52. The van der Waals surface area contributed by atoms with Gasteiger partial charge in [0.2, 0.25) is 0 Å². The second kappa shape index (κ2) is 5.16. The molecule has 0 aromatic heterocycles. The molecule has 0 fully saturated rings. The Morgan fingerprint density at radius 1 is 1.06 bits per heavy atom. The number of carbonyl (C=O) groups excluding carboxylic acids is 2. The van der Waals surface area contributed by atoms with Crippen LogP contribution in [0, 0.1) is 0 Å². The molecule has 0 amide bonds. The molecule has 0 aliphatic heterocycles. The molecule has 0 bridgehead atoms. The maximum absolute atomic E-state index is 11.3. The standard InChI is InChI=1S/C11H12O5/c1-7(12)16-10-5-8(11(13)15-3)4-9(6-10)14-2/h4-6H,1-3H3. The van der Waals surface area contributed by atoms with E-state index < -0.39 is 11.9 Å². The lowest BCUT2D eigenvalue weighted by Gasteiger charge is -2.07. The highest BCUT2D eigenvalue weighted by molar-refractivity contribution is 5.90. The van der Waals surface area contributed by atoms with Crippen molar-refractivity contribution in [1.29, 1.82) is 0 Å². The fraction of sp³-hybridized carbons (Fsp3) is 0.273. The predicted molar refractivity (Wildman–Crippen MR) is 55.6 cm³/mol. The molecule has 5 nitrogen and oxygen atoms in total. The van der Waals surface area contributed by atoms with Crippen molar-refractivity contribution >= 4 is 11.9 Å². The van der Waals surface area contributed by atoms with E-state index in [9.17, 15) is 9.59 Å². The van der Waals surface area contributed by atoms with E-state index in [0.717, 1.165) is 0 Å². The third kappa shape index (κ3) is 2.98. The Labute approximate surface area is 92.9 Å². The van der Waals surface area contributed by atoms with Gasteiger partial charge in [-0.2, -0.15) is 0 Å². The molecular formula is C11H12O5. The Kier molecular flexibility index (Phi) is 3.88. The Bertz CT molecular complexity index is 411. The number of esters is 2. The number of ether oxygens (including phenoxy) is 3. The van der Waals surface area contributed by atoms with E-state index in [4.69, 9.17) is 9.47 Å². The number of methoxy groups -OCH3 is 2. The number of hydrogen-bond acceptors (Lipinski definition) is 5. The molecule has 5 heteroatoms. The van der Waals surface area contributed by atoms with Gasteiger partial charge in [0.1, 0.15) is 11.5 Å². The van der Waals surface area contributed by atoms with Crippen molar-refractivity contribution in [3.63, 3.8) is 0 Å². The highest BCUT2D eigenvalue weighted by Gasteiger charge is 2.10. The molecule has 1 rings (SSSR count). The molecule has 0 saturated heterocycles. The van der Waals surface area contributed by atoms with E-state index >= 15 is 0 Å². The van der Waals surface area contributed by atoms with Crippen LogP contribution in [0.2, 0.25) is 0 Å². The van der Waals surface area contributed by atoms with Gasteiger partial charge in [-0.05, 0) is 12.1 Å². The van der Waals surface area contributed by atoms with E-state index in [1.807, 2.05) is 0 Å². The summed E-state index contributed by atoms with van der Waals surface area (Å²) in [5, 5.41) is 0. The Hall–Kier alpha value is -2.04. The molecule has 0 radical (unpaired) electrons. The van der Waals surface area contributed by atoms with Crippen LogP contribution in [0.15, 0.2) is 18.2 Å². The van der Waals surface area contributed by atoms with E-state index in [1.54, 1.807) is 0 Å². The van der Waals surface area contributed by atoms with Gasteiger partial charge in [-0.1, -0.05) is 0 Å². The van der Waals surface area contributed by atoms with Crippen LogP contribution >= 0.6 is 0 Å². The van der Waals surface area contributed by atoms with Crippen LogP contribution in [0.1, 0.15) is 17.3 Å². The molecular weight excluding hydrogens is 212 g/mol. The summed E-state index contributed by atoms with van der Waals surface area (Å²) < 4.78 is 14.4. The number of benzene rings is 1. The molecule has 1 aromatic rings. The molecule has 1 aromatic carbocycles. The minimum Gasteiger partial charge on any atom is -0.497 e. The van der Waals surface area contributed by atoms with Crippen molar-refractivity contribution in [2.75, 3.05) is 14.2 Å². The van der Waals surface area contributed by atoms with Gasteiger partial charge in [0.15, 0.2) is 0 Å². The van der Waals surface area contributed by atoms with Crippen LogP contribution in [0.4, 0.5) is 0 Å². The first kappa shape index (κ1) is 12.0. The van der Waals surface area contributed by atoms with Gasteiger partial charge in [-0.25, -0.2) is 4.79 Å². The summed E-state index contributed by atoms with van der Waals surface area (Å²) in [6.07, 6.45) is 0. The van der Waals surface area contributed by atoms with Crippen LogP contribution in [0.25, 0.3) is 0 Å². The summed E-state index contributed by atoms with van der Waals surface area (Å²) >= 11 is 0. The van der Waals surface area contributed by atoms with Gasteiger partial charge in [-0.3, -0.25) is 4.79 Å². The highest BCUT2D eigenvalue weighted by Crippen LogP contribution is 2.23. The summed E-state index contributed by atoms with van der Waals surface area (Å²) in [6, 6.07) is 4.42. The van der Waals surface area contributed by atoms with E-state index in [2.05, 4.69) is 4.74 Å². The molecule has 0 spiro atoms. The topological polar surface area (TPSA) is 61.8 Å². The van der Waals surface area contributed by atoms with Crippen molar-refractivity contribution in [1.82, 2.24) is 0 Å². The van der Waals surface area contributed by atoms with Crippen molar-refractivity contribution < 1.29 is 23.8 Å². The maximum atomic E-state index is 11.3. The highest BCUT2D eigenvalue weighted by atomic mass is 16.5. The van der Waals surface area contributed by atoms with Crippen LogP contribution < -0.4 is 9.47 Å². The van der Waals surface area contributed by atoms with E-state index in [-0.39, 0.29) is 11.3 Å². The molecule has 0 atom stereocenters. The Balaban J connectivity index is 3.10. The zero-order valence-corrected chi connectivity index (χ0v) is 9.27. The lowest BCUT2D eigenvalue weighted by atomic mass is 10.2. The summed E-state index contributed by atoms with van der Waals surface area (Å²) in [5.74, 6) is -0.331. The molecule has 16 heavy (non-hydrogen) atoms. The van der Waals surface area contributed by atoms with E-state index in [0.29, 0.717) is 5.75 Å². The Morgan fingerprint density at radius 2 is 1.69 bits per heavy atom. The van der Waals surface area contributed by atoms with Crippen LogP contribution in [-0.2, 0) is 9.53 Å². The lowest BCUT2D eigenvalue weighted by Crippen LogP contribution is -2.05. The molecule has 0 unspecified atom stereocenters. The second-order valence-corrected chi connectivity index (χ2v) is 2.98. The molecule has 0 heterocycles. The van der Waals surface area contributed by atoms with Crippen molar-refractivity contribution in [2.24, 2.45) is 0 Å². The molecule has 0 aliphatic carbocycles. The number of hydrogen-bond donors (Lipinski definition) is 0. The van der Waals surface area contributed by atoms with Crippen molar-refractivity contribution in [3.8, 4) is 11.5 Å². The minimum absolute atomic E-state index is 0.243. The minimum atomic E-state index is -0.521. The van der Waals surface area contributed by atoms with Gasteiger partial charge >= 0.3 is 11.9 Å². The predicted octanol–water partition coefficient (Wildman–Crippen LogP) is 1.41. The van der Waals surface area contributed by atoms with Crippen LogP contribution in [0.3, 0.4) is 0 Å². The Morgan fingerprint density at radius 3 is 2.19 bits per heavy atom. The molecule has 86 valence electrons. The summed E-state index contributed by atoms with van der Waals surface area (Å²) in [5.41, 5.74) is 0.262. The monoisotopic (exact) mass is 224 g/mol. The quantitative estimate of drug-likeness (QED) is 0.573. The molecule has 0 N–H and O–H groups in total. The second-order valence-electron chi connectivity index (χ2n) is 2.98. The summed E-state index contributed by atoms with van der Waals surface area (Å²) in [4.78, 5) is 22.1.